The van der Waals surface area contributed by atoms with Crippen LogP contribution in [0.2, 0.25) is 0 Å². The molecule has 0 fully saturated rings. The molecular formula is C20H27N3O2S. The summed E-state index contributed by atoms with van der Waals surface area (Å²) in [5, 5.41) is 3.19. The third-order valence-electron chi connectivity index (χ3n) is 4.18. The Morgan fingerprint density at radius 2 is 1.88 bits per heavy atom. The van der Waals surface area contributed by atoms with Crippen LogP contribution < -0.4 is 10.9 Å². The fraction of sp³-hybridized carbons (Fsp3) is 0.450. The summed E-state index contributed by atoms with van der Waals surface area (Å²) in [6, 6.07) is 7.63. The van der Waals surface area contributed by atoms with Gasteiger partial charge in [-0.2, -0.15) is 0 Å². The number of thioether (sulfide) groups is 1. The topological polar surface area (TPSA) is 74.8 Å². The number of rotatable bonds is 8. The van der Waals surface area contributed by atoms with E-state index in [1.54, 1.807) is 0 Å². The second-order valence-electron chi connectivity index (χ2n) is 6.20. The van der Waals surface area contributed by atoms with Gasteiger partial charge in [0.1, 0.15) is 0 Å². The summed E-state index contributed by atoms with van der Waals surface area (Å²) in [6.07, 6.45) is 3.39. The first-order valence-corrected chi connectivity index (χ1v) is 10.0. The summed E-state index contributed by atoms with van der Waals surface area (Å²) in [5.41, 5.74) is 3.76. The van der Waals surface area contributed by atoms with E-state index in [1.807, 2.05) is 32.0 Å². The van der Waals surface area contributed by atoms with Crippen molar-refractivity contribution in [1.82, 2.24) is 9.97 Å². The molecule has 1 aromatic heterocycles. The fourth-order valence-corrected chi connectivity index (χ4v) is 3.60. The van der Waals surface area contributed by atoms with Gasteiger partial charge in [0, 0.05) is 17.4 Å². The van der Waals surface area contributed by atoms with Crippen molar-refractivity contribution in [2.75, 3.05) is 5.32 Å². The summed E-state index contributed by atoms with van der Waals surface area (Å²) < 4.78 is 0. The Labute approximate surface area is 159 Å². The van der Waals surface area contributed by atoms with Gasteiger partial charge in [0.05, 0.1) is 5.25 Å². The average molecular weight is 374 g/mol. The zero-order chi connectivity index (χ0) is 19.1. The summed E-state index contributed by atoms with van der Waals surface area (Å²) >= 11 is 1.27. The minimum atomic E-state index is -0.371. The Balaban J connectivity index is 2.15. The van der Waals surface area contributed by atoms with Gasteiger partial charge in [-0.25, -0.2) is 4.98 Å². The number of amides is 1. The van der Waals surface area contributed by atoms with Crippen LogP contribution in [0.4, 0.5) is 5.69 Å². The standard InChI is InChI=1S/C20H27N3O2S/c1-5-9-16-12-17(24)22-20(21-16)26-13(4)19(25)23-18-14(6-2)10-8-11-15(18)7-3/h8,10-13H,5-7,9H2,1-4H3,(H,23,25)(H,21,22,24)/t13-/m1/s1. The molecule has 0 bridgehead atoms. The van der Waals surface area contributed by atoms with Crippen molar-refractivity contribution < 1.29 is 4.79 Å². The van der Waals surface area contributed by atoms with Crippen molar-refractivity contribution in [3.63, 3.8) is 0 Å². The molecule has 140 valence electrons. The zero-order valence-electron chi connectivity index (χ0n) is 15.9. The molecule has 5 nitrogen and oxygen atoms in total. The summed E-state index contributed by atoms with van der Waals surface area (Å²) in [7, 11) is 0. The lowest BCUT2D eigenvalue weighted by molar-refractivity contribution is -0.115. The average Bonchev–Trinajstić information content (AvgIpc) is 2.61. The molecule has 26 heavy (non-hydrogen) atoms. The Morgan fingerprint density at radius 1 is 1.23 bits per heavy atom. The smallest absolute Gasteiger partial charge is 0.251 e. The van der Waals surface area contributed by atoms with Gasteiger partial charge >= 0.3 is 0 Å². The Morgan fingerprint density at radius 3 is 2.46 bits per heavy atom. The number of nitrogens with zero attached hydrogens (tertiary/aromatic N) is 1. The second kappa shape index (κ2) is 9.57. The van der Waals surface area contributed by atoms with Crippen molar-refractivity contribution in [1.29, 1.82) is 0 Å². The largest absolute Gasteiger partial charge is 0.325 e. The van der Waals surface area contributed by atoms with E-state index in [0.29, 0.717) is 5.16 Å². The highest BCUT2D eigenvalue weighted by Crippen LogP contribution is 2.25. The Bertz CT molecular complexity index is 795. The number of H-pyrrole nitrogens is 1. The van der Waals surface area contributed by atoms with Crippen molar-refractivity contribution in [2.24, 2.45) is 0 Å². The number of carbonyl (C=O) groups is 1. The maximum absolute atomic E-state index is 12.7. The van der Waals surface area contributed by atoms with E-state index >= 15 is 0 Å². The maximum atomic E-state index is 12.7. The first-order valence-electron chi connectivity index (χ1n) is 9.16. The van der Waals surface area contributed by atoms with Gasteiger partial charge in [0.2, 0.25) is 5.91 Å². The van der Waals surface area contributed by atoms with Crippen LogP contribution in [0, 0.1) is 0 Å². The van der Waals surface area contributed by atoms with Gasteiger partial charge < -0.3 is 10.3 Å². The van der Waals surface area contributed by atoms with Crippen LogP contribution in [-0.4, -0.2) is 21.1 Å². The summed E-state index contributed by atoms with van der Waals surface area (Å²) in [5.74, 6) is -0.0888. The van der Waals surface area contributed by atoms with Crippen LogP contribution in [0.25, 0.3) is 0 Å². The highest BCUT2D eigenvalue weighted by molar-refractivity contribution is 8.00. The number of para-hydroxylation sites is 1. The number of hydrogen-bond donors (Lipinski definition) is 2. The Kier molecular flexibility index (Phi) is 7.45. The van der Waals surface area contributed by atoms with Crippen LogP contribution in [0.15, 0.2) is 34.2 Å². The van der Waals surface area contributed by atoms with Crippen LogP contribution in [0.1, 0.15) is 50.9 Å². The summed E-state index contributed by atoms with van der Waals surface area (Å²) in [4.78, 5) is 31.6. The number of aromatic amines is 1. The van der Waals surface area contributed by atoms with E-state index in [1.165, 1.54) is 17.8 Å². The lowest BCUT2D eigenvalue weighted by atomic mass is 10.0. The number of anilines is 1. The highest BCUT2D eigenvalue weighted by atomic mass is 32.2. The van der Waals surface area contributed by atoms with Crippen molar-refractivity contribution >= 4 is 23.4 Å². The lowest BCUT2D eigenvalue weighted by Crippen LogP contribution is -2.24. The van der Waals surface area contributed by atoms with E-state index < -0.39 is 0 Å². The molecule has 1 heterocycles. The van der Waals surface area contributed by atoms with E-state index in [0.717, 1.165) is 48.2 Å². The van der Waals surface area contributed by atoms with Crippen molar-refractivity contribution in [3.05, 3.63) is 51.4 Å². The number of hydrogen-bond acceptors (Lipinski definition) is 4. The quantitative estimate of drug-likeness (QED) is 0.542. The molecular weight excluding hydrogens is 346 g/mol. The fourth-order valence-electron chi connectivity index (χ4n) is 2.77. The number of carbonyl (C=O) groups excluding carboxylic acids is 1. The predicted molar refractivity (Wildman–Crippen MR) is 108 cm³/mol. The van der Waals surface area contributed by atoms with Crippen molar-refractivity contribution in [3.8, 4) is 0 Å². The van der Waals surface area contributed by atoms with Gasteiger partial charge in [-0.3, -0.25) is 9.59 Å². The van der Waals surface area contributed by atoms with E-state index in [-0.39, 0.29) is 16.7 Å². The minimum Gasteiger partial charge on any atom is -0.325 e. The molecule has 0 aliphatic carbocycles. The first-order chi connectivity index (χ1) is 12.5. The first kappa shape index (κ1) is 20.2. The molecule has 1 atom stereocenters. The molecule has 2 aromatic rings. The number of benzene rings is 1. The van der Waals surface area contributed by atoms with Crippen LogP contribution in [-0.2, 0) is 24.1 Å². The molecule has 1 aromatic carbocycles. The SMILES string of the molecule is CCCc1cc(=O)[nH]c(S[C@H](C)C(=O)Nc2c(CC)cccc2CC)n1. The number of nitrogens with one attached hydrogen (secondary N) is 2. The highest BCUT2D eigenvalue weighted by Gasteiger charge is 2.18. The molecule has 2 rings (SSSR count). The van der Waals surface area contributed by atoms with Gasteiger partial charge in [-0.05, 0) is 37.3 Å². The van der Waals surface area contributed by atoms with Gasteiger partial charge in [-0.15, -0.1) is 0 Å². The molecule has 0 aliphatic heterocycles. The summed E-state index contributed by atoms with van der Waals surface area (Å²) in [6.45, 7) is 8.03. The van der Waals surface area contributed by atoms with Crippen LogP contribution in [0.3, 0.4) is 0 Å². The van der Waals surface area contributed by atoms with Crippen LogP contribution >= 0.6 is 11.8 Å². The molecule has 0 unspecified atom stereocenters. The third kappa shape index (κ3) is 5.21. The Hall–Kier alpha value is -2.08. The zero-order valence-corrected chi connectivity index (χ0v) is 16.7. The molecule has 1 amide bonds. The van der Waals surface area contributed by atoms with Gasteiger partial charge in [0.25, 0.3) is 5.56 Å². The monoisotopic (exact) mass is 373 g/mol. The molecule has 0 aliphatic rings. The second-order valence-corrected chi connectivity index (χ2v) is 7.53. The van der Waals surface area contributed by atoms with E-state index in [4.69, 9.17) is 0 Å². The molecule has 2 N–H and O–H groups in total. The van der Waals surface area contributed by atoms with Gasteiger partial charge in [0.15, 0.2) is 5.16 Å². The minimum absolute atomic E-state index is 0.0888. The number of aryl methyl sites for hydroxylation is 3. The van der Waals surface area contributed by atoms with Gasteiger partial charge in [-0.1, -0.05) is 57.2 Å². The predicted octanol–water partition coefficient (Wildman–Crippen LogP) is 3.97. The molecule has 0 spiro atoms. The van der Waals surface area contributed by atoms with E-state index in [9.17, 15) is 9.59 Å². The molecule has 0 saturated carbocycles. The van der Waals surface area contributed by atoms with Crippen molar-refractivity contribution in [2.45, 2.75) is 63.8 Å². The third-order valence-corrected chi connectivity index (χ3v) is 5.17. The normalized spacial score (nSPS) is 12.0. The molecule has 0 radical (unpaired) electrons. The lowest BCUT2D eigenvalue weighted by Gasteiger charge is -2.17. The van der Waals surface area contributed by atoms with Crippen LogP contribution in [0.5, 0.6) is 0 Å². The maximum Gasteiger partial charge on any atom is 0.251 e. The molecule has 0 saturated heterocycles. The van der Waals surface area contributed by atoms with E-state index in [2.05, 4.69) is 29.1 Å². The molecule has 6 heteroatoms. The number of aromatic nitrogens is 2.